The molecule has 218 valence electrons. The molecule has 3 N–H and O–H groups in total. The van der Waals surface area contributed by atoms with Crippen LogP contribution in [0.3, 0.4) is 0 Å². The van der Waals surface area contributed by atoms with Gasteiger partial charge >= 0.3 is 5.97 Å². The van der Waals surface area contributed by atoms with Gasteiger partial charge in [0.2, 0.25) is 5.91 Å². The predicted octanol–water partition coefficient (Wildman–Crippen LogP) is 4.59. The first-order valence-corrected chi connectivity index (χ1v) is 14.0. The molecule has 4 atom stereocenters. The Balaban J connectivity index is 1.64. The zero-order chi connectivity index (χ0) is 29.7. The molecule has 1 aliphatic rings. The van der Waals surface area contributed by atoms with Gasteiger partial charge in [-0.25, -0.2) is 0 Å². The summed E-state index contributed by atoms with van der Waals surface area (Å²) in [4.78, 5) is 39.8. The molecular weight excluding hydrogens is 532 g/mol. The minimum atomic E-state index is -1.01. The summed E-state index contributed by atoms with van der Waals surface area (Å²) in [5, 5.41) is 15.7. The molecule has 4 rings (SSSR count). The van der Waals surface area contributed by atoms with E-state index in [9.17, 15) is 19.5 Å². The van der Waals surface area contributed by atoms with Crippen LogP contribution in [0, 0.1) is 5.92 Å². The van der Waals surface area contributed by atoms with Gasteiger partial charge in [0.25, 0.3) is 5.91 Å². The number of carbonyl (C=O) groups excluding carboxylic acids is 3. The van der Waals surface area contributed by atoms with Crippen molar-refractivity contribution in [1.29, 1.82) is 0 Å². The molecule has 3 aromatic carbocycles. The van der Waals surface area contributed by atoms with Crippen molar-refractivity contribution in [1.82, 2.24) is 10.6 Å². The van der Waals surface area contributed by atoms with Crippen molar-refractivity contribution in [2.75, 3.05) is 6.61 Å². The number of cyclic esters (lactones) is 1. The Hall–Kier alpha value is -4.85. The highest BCUT2D eigenvalue weighted by Gasteiger charge is 2.29. The number of benzene rings is 3. The number of hydrogen-bond acceptors (Lipinski definition) is 6. The van der Waals surface area contributed by atoms with Crippen molar-refractivity contribution in [2.24, 2.45) is 5.92 Å². The van der Waals surface area contributed by atoms with E-state index in [1.54, 1.807) is 42.5 Å². The molecule has 0 radical (unpaired) electrons. The van der Waals surface area contributed by atoms with E-state index in [1.807, 2.05) is 61.5 Å². The Morgan fingerprint density at radius 1 is 0.905 bits per heavy atom. The number of hydrogen-bond donors (Lipinski definition) is 3. The maximum Gasteiger partial charge on any atom is 0.309 e. The summed E-state index contributed by atoms with van der Waals surface area (Å²) >= 11 is 0. The van der Waals surface area contributed by atoms with Crippen molar-refractivity contribution in [3.8, 4) is 11.5 Å². The number of aromatic hydroxyl groups is 1. The predicted molar refractivity (Wildman–Crippen MR) is 161 cm³/mol. The summed E-state index contributed by atoms with van der Waals surface area (Å²) < 4.78 is 11.4. The minimum absolute atomic E-state index is 0.0234. The van der Waals surface area contributed by atoms with E-state index in [-0.39, 0.29) is 43.4 Å². The monoisotopic (exact) mass is 568 g/mol. The van der Waals surface area contributed by atoms with Gasteiger partial charge in [0.1, 0.15) is 17.5 Å². The van der Waals surface area contributed by atoms with Crippen LogP contribution in [0.1, 0.15) is 30.9 Å². The first-order valence-electron chi connectivity index (χ1n) is 14.0. The zero-order valence-corrected chi connectivity index (χ0v) is 23.5. The smallest absolute Gasteiger partial charge is 0.309 e. The van der Waals surface area contributed by atoms with Crippen molar-refractivity contribution in [2.45, 2.75) is 44.4 Å². The number of carbonyl (C=O) groups is 3. The first kappa shape index (κ1) is 30.1. The van der Waals surface area contributed by atoms with Gasteiger partial charge in [0.15, 0.2) is 6.10 Å². The molecule has 1 aliphatic heterocycles. The van der Waals surface area contributed by atoms with Crippen LogP contribution in [0.4, 0.5) is 0 Å². The Labute approximate surface area is 246 Å². The molecule has 0 saturated carbocycles. The molecule has 0 aromatic heterocycles. The maximum absolute atomic E-state index is 13.8. The lowest BCUT2D eigenvalue weighted by Gasteiger charge is -2.26. The highest BCUT2D eigenvalue weighted by Crippen LogP contribution is 2.17. The highest BCUT2D eigenvalue weighted by atomic mass is 16.5. The second-order valence-corrected chi connectivity index (χ2v) is 10.2. The number of rotatable bonds is 6. The van der Waals surface area contributed by atoms with Crippen molar-refractivity contribution in [3.63, 3.8) is 0 Å². The lowest BCUT2D eigenvalue weighted by atomic mass is 9.98. The fraction of sp³-hybridized carbons (Fsp3) is 0.265. The van der Waals surface area contributed by atoms with E-state index in [1.165, 1.54) is 12.1 Å². The molecule has 1 unspecified atom stereocenters. The SMILES string of the molecule is C[C@@H]1/C=C/CC(=O)OCCC(Oc2ccccc2)C(=O)N[C@@H](Cc2ccc(O)cc2)C(=O)N[C@@H]1/C=C/c1ccccc1. The van der Waals surface area contributed by atoms with Crippen LogP contribution in [0.2, 0.25) is 0 Å². The number of phenolic OH excluding ortho intramolecular Hbond substituents is 1. The third-order valence-corrected chi connectivity index (χ3v) is 6.86. The number of esters is 1. The van der Waals surface area contributed by atoms with Crippen molar-refractivity contribution in [3.05, 3.63) is 114 Å². The Kier molecular flexibility index (Phi) is 10.9. The molecule has 0 bridgehead atoms. The van der Waals surface area contributed by atoms with Crippen LogP contribution in [0.25, 0.3) is 6.08 Å². The summed E-state index contributed by atoms with van der Waals surface area (Å²) in [7, 11) is 0. The second-order valence-electron chi connectivity index (χ2n) is 10.2. The molecule has 0 spiro atoms. The second kappa shape index (κ2) is 15.2. The largest absolute Gasteiger partial charge is 0.508 e. The molecule has 3 aromatic rings. The maximum atomic E-state index is 13.8. The van der Waals surface area contributed by atoms with Gasteiger partial charge in [-0.05, 0) is 41.3 Å². The third kappa shape index (κ3) is 9.37. The quantitative estimate of drug-likeness (QED) is 0.296. The van der Waals surface area contributed by atoms with Gasteiger partial charge in [-0.15, -0.1) is 0 Å². The fourth-order valence-electron chi connectivity index (χ4n) is 4.48. The molecular formula is C34H36N2O6. The van der Waals surface area contributed by atoms with Crippen LogP contribution in [-0.4, -0.2) is 47.7 Å². The van der Waals surface area contributed by atoms with Crippen LogP contribution in [0.5, 0.6) is 11.5 Å². The van der Waals surface area contributed by atoms with Gasteiger partial charge in [-0.2, -0.15) is 0 Å². The Morgan fingerprint density at radius 2 is 1.60 bits per heavy atom. The summed E-state index contributed by atoms with van der Waals surface area (Å²) in [5.41, 5.74) is 1.72. The number of ether oxygens (including phenoxy) is 2. The van der Waals surface area contributed by atoms with E-state index < -0.39 is 30.1 Å². The molecule has 0 fully saturated rings. The van der Waals surface area contributed by atoms with Gasteiger partial charge < -0.3 is 25.2 Å². The molecule has 0 saturated heterocycles. The molecule has 42 heavy (non-hydrogen) atoms. The molecule has 0 aliphatic carbocycles. The van der Waals surface area contributed by atoms with E-state index in [0.29, 0.717) is 5.75 Å². The fourth-order valence-corrected chi connectivity index (χ4v) is 4.48. The summed E-state index contributed by atoms with van der Waals surface area (Å²) in [6.07, 6.45) is 6.77. The Bertz CT molecular complexity index is 1370. The van der Waals surface area contributed by atoms with Crippen LogP contribution in [-0.2, 0) is 25.5 Å². The minimum Gasteiger partial charge on any atom is -0.508 e. The first-order chi connectivity index (χ1) is 20.4. The van der Waals surface area contributed by atoms with E-state index in [2.05, 4.69) is 10.6 Å². The van der Waals surface area contributed by atoms with Gasteiger partial charge in [-0.3, -0.25) is 14.4 Å². The van der Waals surface area contributed by atoms with Crippen LogP contribution < -0.4 is 15.4 Å². The van der Waals surface area contributed by atoms with Gasteiger partial charge in [0.05, 0.1) is 19.1 Å². The number of phenols is 1. The molecule has 8 nitrogen and oxygen atoms in total. The van der Waals surface area contributed by atoms with Gasteiger partial charge in [-0.1, -0.05) is 91.9 Å². The van der Waals surface area contributed by atoms with E-state index >= 15 is 0 Å². The van der Waals surface area contributed by atoms with Gasteiger partial charge in [0, 0.05) is 12.8 Å². The standard InChI is InChI=1S/C34H36N2O6/c1-24-9-8-14-32(38)41-22-21-31(42-28-12-6-3-7-13-28)34(40)36-30(23-26-15-18-27(37)19-16-26)33(39)35-29(24)20-17-25-10-4-2-5-11-25/h2-13,15-20,24,29-31,37H,14,21-23H2,1H3,(H,35,39)(H,36,40)/b9-8+,20-17+/t24-,29-,30+,31?/m1/s1. The molecule has 1 heterocycles. The van der Waals surface area contributed by atoms with E-state index in [4.69, 9.17) is 9.47 Å². The normalized spacial score (nSPS) is 23.1. The van der Waals surface area contributed by atoms with Crippen LogP contribution in [0.15, 0.2) is 103 Å². The topological polar surface area (TPSA) is 114 Å². The number of amides is 2. The average molecular weight is 569 g/mol. The van der Waals surface area contributed by atoms with Crippen LogP contribution >= 0.6 is 0 Å². The lowest BCUT2D eigenvalue weighted by Crippen LogP contribution is -2.54. The van der Waals surface area contributed by atoms with Crippen molar-refractivity contribution < 1.29 is 29.0 Å². The number of para-hydroxylation sites is 1. The summed E-state index contributed by atoms with van der Waals surface area (Å²) in [6, 6.07) is 23.7. The van der Waals surface area contributed by atoms with E-state index in [0.717, 1.165) is 11.1 Å². The average Bonchev–Trinajstić information content (AvgIpc) is 3.00. The molecule has 8 heteroatoms. The summed E-state index contributed by atoms with van der Waals surface area (Å²) in [5.74, 6) is -0.897. The van der Waals surface area contributed by atoms with Crippen molar-refractivity contribution >= 4 is 23.9 Å². The lowest BCUT2D eigenvalue weighted by molar-refractivity contribution is -0.144. The molecule has 2 amide bonds. The third-order valence-electron chi connectivity index (χ3n) is 6.86. The summed E-state index contributed by atoms with van der Waals surface area (Å²) in [6.45, 7) is 1.92. The Morgan fingerprint density at radius 3 is 2.31 bits per heavy atom. The number of nitrogens with one attached hydrogen (secondary N) is 2. The zero-order valence-electron chi connectivity index (χ0n) is 23.5. The highest BCUT2D eigenvalue weighted by molar-refractivity contribution is 5.90.